The van der Waals surface area contributed by atoms with Gasteiger partial charge in [0.15, 0.2) is 0 Å². The normalized spacial score (nSPS) is 16.4. The quantitative estimate of drug-likeness (QED) is 0.891. The van der Waals surface area contributed by atoms with Crippen LogP contribution in [0.4, 0.5) is 4.39 Å². The van der Waals surface area contributed by atoms with Crippen LogP contribution >= 0.6 is 28.3 Å². The number of carbonyl (C=O) groups excluding carboxylic acids is 1. The molecule has 3 N–H and O–H groups in total. The predicted molar refractivity (Wildman–Crippen MR) is 74.5 cm³/mol. The summed E-state index contributed by atoms with van der Waals surface area (Å²) in [5.41, 5.74) is 6.04. The molecule has 1 saturated carbocycles. The highest BCUT2D eigenvalue weighted by molar-refractivity contribution is 9.10. The molecule has 0 bridgehead atoms. The molecule has 0 unspecified atom stereocenters. The molecule has 0 heterocycles. The van der Waals surface area contributed by atoms with Gasteiger partial charge in [-0.25, -0.2) is 4.39 Å². The SMILES string of the molecule is Cl.NC1(CNC(=O)c2ccc(Br)c(F)c2)CCC1. The highest BCUT2D eigenvalue weighted by Gasteiger charge is 2.32. The molecule has 1 aliphatic rings. The van der Waals surface area contributed by atoms with Gasteiger partial charge in [0.05, 0.1) is 4.47 Å². The van der Waals surface area contributed by atoms with Gasteiger partial charge < -0.3 is 11.1 Å². The summed E-state index contributed by atoms with van der Waals surface area (Å²) in [6.07, 6.45) is 2.98. The van der Waals surface area contributed by atoms with Crippen molar-refractivity contribution in [3.63, 3.8) is 0 Å². The zero-order valence-corrected chi connectivity index (χ0v) is 12.1. The molecule has 1 aromatic rings. The maximum Gasteiger partial charge on any atom is 0.251 e. The van der Waals surface area contributed by atoms with Crippen LogP contribution in [0.3, 0.4) is 0 Å². The minimum atomic E-state index is -0.441. The third-order valence-corrected chi connectivity index (χ3v) is 3.78. The summed E-state index contributed by atoms with van der Waals surface area (Å²) in [5.74, 6) is -0.725. The zero-order chi connectivity index (χ0) is 12.5. The van der Waals surface area contributed by atoms with E-state index in [-0.39, 0.29) is 23.9 Å². The van der Waals surface area contributed by atoms with Crippen molar-refractivity contribution in [1.29, 1.82) is 0 Å². The maximum absolute atomic E-state index is 13.2. The van der Waals surface area contributed by atoms with Crippen molar-refractivity contribution in [2.45, 2.75) is 24.8 Å². The summed E-state index contributed by atoms with van der Waals surface area (Å²) in [4.78, 5) is 11.7. The average molecular weight is 338 g/mol. The topological polar surface area (TPSA) is 55.1 Å². The Morgan fingerprint density at radius 3 is 2.67 bits per heavy atom. The van der Waals surface area contributed by atoms with Crippen LogP contribution in [0.15, 0.2) is 22.7 Å². The van der Waals surface area contributed by atoms with Crippen molar-refractivity contribution in [1.82, 2.24) is 5.32 Å². The first-order valence-electron chi connectivity index (χ1n) is 5.52. The minimum absolute atomic E-state index is 0. The van der Waals surface area contributed by atoms with Gasteiger partial charge in [-0.2, -0.15) is 0 Å². The summed E-state index contributed by atoms with van der Waals surface area (Å²) in [6.45, 7) is 0.448. The lowest BCUT2D eigenvalue weighted by molar-refractivity contribution is 0.0929. The second-order valence-corrected chi connectivity index (χ2v) is 5.38. The van der Waals surface area contributed by atoms with Gasteiger partial charge in [-0.05, 0) is 53.4 Å². The van der Waals surface area contributed by atoms with Crippen LogP contribution in [0.2, 0.25) is 0 Å². The van der Waals surface area contributed by atoms with Crippen molar-refractivity contribution < 1.29 is 9.18 Å². The Bertz CT molecular complexity index is 452. The molecule has 0 aromatic heterocycles. The highest BCUT2D eigenvalue weighted by atomic mass is 79.9. The Morgan fingerprint density at radius 2 is 2.17 bits per heavy atom. The van der Waals surface area contributed by atoms with Crippen LogP contribution < -0.4 is 11.1 Å². The first kappa shape index (κ1) is 15.4. The third kappa shape index (κ3) is 3.43. The Morgan fingerprint density at radius 1 is 1.50 bits per heavy atom. The molecular formula is C12H15BrClFN2O. The van der Waals surface area contributed by atoms with Gasteiger partial charge in [-0.1, -0.05) is 0 Å². The van der Waals surface area contributed by atoms with E-state index in [4.69, 9.17) is 5.73 Å². The standard InChI is InChI=1S/C12H14BrFN2O.ClH/c13-9-3-2-8(6-10(9)14)11(17)16-7-12(15)4-1-5-12;/h2-3,6H,1,4-5,7,15H2,(H,16,17);1H. The molecule has 0 radical (unpaired) electrons. The van der Waals surface area contributed by atoms with Gasteiger partial charge in [0.1, 0.15) is 5.82 Å². The number of amides is 1. The van der Waals surface area contributed by atoms with Gasteiger partial charge in [0.25, 0.3) is 5.91 Å². The van der Waals surface area contributed by atoms with E-state index in [1.165, 1.54) is 12.1 Å². The lowest BCUT2D eigenvalue weighted by atomic mass is 9.78. The van der Waals surface area contributed by atoms with Gasteiger partial charge in [-0.3, -0.25) is 4.79 Å². The molecule has 0 atom stereocenters. The lowest BCUT2D eigenvalue weighted by Gasteiger charge is -2.38. The molecule has 0 saturated heterocycles. The van der Waals surface area contributed by atoms with Gasteiger partial charge in [0.2, 0.25) is 0 Å². The van der Waals surface area contributed by atoms with Crippen LogP contribution in [0.5, 0.6) is 0 Å². The number of benzene rings is 1. The fourth-order valence-electron chi connectivity index (χ4n) is 1.80. The number of halogens is 3. The molecule has 18 heavy (non-hydrogen) atoms. The van der Waals surface area contributed by atoms with E-state index >= 15 is 0 Å². The Kier molecular flexibility index (Phi) is 5.13. The molecule has 2 rings (SSSR count). The number of nitrogens with two attached hydrogens (primary N) is 1. The second kappa shape index (κ2) is 5.99. The van der Waals surface area contributed by atoms with E-state index in [0.717, 1.165) is 19.3 Å². The molecular weight excluding hydrogens is 323 g/mol. The smallest absolute Gasteiger partial charge is 0.251 e. The predicted octanol–water partition coefficient (Wildman–Crippen LogP) is 2.62. The number of hydrogen-bond donors (Lipinski definition) is 2. The molecule has 1 fully saturated rings. The molecule has 1 aliphatic carbocycles. The van der Waals surface area contributed by atoms with E-state index in [9.17, 15) is 9.18 Å². The fourth-order valence-corrected chi connectivity index (χ4v) is 2.05. The Labute approximate surface area is 120 Å². The van der Waals surface area contributed by atoms with Crippen LogP contribution in [-0.4, -0.2) is 18.0 Å². The van der Waals surface area contributed by atoms with Gasteiger partial charge in [-0.15, -0.1) is 12.4 Å². The monoisotopic (exact) mass is 336 g/mol. The number of rotatable bonds is 3. The molecule has 6 heteroatoms. The summed E-state index contributed by atoms with van der Waals surface area (Å²) in [7, 11) is 0. The summed E-state index contributed by atoms with van der Waals surface area (Å²) < 4.78 is 13.6. The van der Waals surface area contributed by atoms with Crippen LogP contribution in [-0.2, 0) is 0 Å². The van der Waals surface area contributed by atoms with Crippen LogP contribution in [0.1, 0.15) is 29.6 Å². The summed E-state index contributed by atoms with van der Waals surface area (Å²) in [5, 5.41) is 2.74. The van der Waals surface area contributed by atoms with Crippen LogP contribution in [0, 0.1) is 5.82 Å². The van der Waals surface area contributed by atoms with Crippen molar-refractivity contribution in [3.8, 4) is 0 Å². The zero-order valence-electron chi connectivity index (χ0n) is 9.71. The minimum Gasteiger partial charge on any atom is -0.350 e. The van der Waals surface area contributed by atoms with E-state index < -0.39 is 5.82 Å². The number of nitrogens with one attached hydrogen (secondary N) is 1. The van der Waals surface area contributed by atoms with Crippen molar-refractivity contribution in [2.24, 2.45) is 5.73 Å². The van der Waals surface area contributed by atoms with Gasteiger partial charge in [0, 0.05) is 17.6 Å². The second-order valence-electron chi connectivity index (χ2n) is 4.53. The van der Waals surface area contributed by atoms with Crippen molar-refractivity contribution in [3.05, 3.63) is 34.1 Å². The number of hydrogen-bond acceptors (Lipinski definition) is 2. The largest absolute Gasteiger partial charge is 0.350 e. The van der Waals surface area contributed by atoms with Gasteiger partial charge >= 0.3 is 0 Å². The van der Waals surface area contributed by atoms with E-state index in [1.54, 1.807) is 6.07 Å². The summed E-state index contributed by atoms with van der Waals surface area (Å²) >= 11 is 3.04. The maximum atomic E-state index is 13.2. The highest BCUT2D eigenvalue weighted by Crippen LogP contribution is 2.28. The molecule has 1 aromatic carbocycles. The fraction of sp³-hybridized carbons (Fsp3) is 0.417. The Hall–Kier alpha value is -0.650. The molecule has 100 valence electrons. The third-order valence-electron chi connectivity index (χ3n) is 3.13. The first-order chi connectivity index (χ1) is 8.00. The Balaban J connectivity index is 0.00000162. The van der Waals surface area contributed by atoms with Crippen molar-refractivity contribution >= 4 is 34.2 Å². The first-order valence-corrected chi connectivity index (χ1v) is 6.32. The number of carbonyl (C=O) groups is 1. The van der Waals surface area contributed by atoms with E-state index in [2.05, 4.69) is 21.2 Å². The van der Waals surface area contributed by atoms with Crippen molar-refractivity contribution in [2.75, 3.05) is 6.54 Å². The lowest BCUT2D eigenvalue weighted by Crippen LogP contribution is -2.54. The average Bonchev–Trinajstić information content (AvgIpc) is 2.27. The van der Waals surface area contributed by atoms with E-state index in [1.807, 2.05) is 0 Å². The summed E-state index contributed by atoms with van der Waals surface area (Å²) in [6, 6.07) is 4.31. The molecule has 1 amide bonds. The van der Waals surface area contributed by atoms with E-state index in [0.29, 0.717) is 16.6 Å². The molecule has 0 aliphatic heterocycles. The molecule has 3 nitrogen and oxygen atoms in total. The molecule has 0 spiro atoms. The van der Waals surface area contributed by atoms with Crippen LogP contribution in [0.25, 0.3) is 0 Å².